The molecule has 0 radical (unpaired) electrons. The lowest BCUT2D eigenvalue weighted by molar-refractivity contribution is 0.275. The Balaban J connectivity index is 2.33. The van der Waals surface area contributed by atoms with Gasteiger partial charge in [0.05, 0.1) is 16.8 Å². The number of hydrogen-bond donors (Lipinski definition) is 1. The normalized spacial score (nSPS) is 16.5. The molecular weight excluding hydrogens is 220 g/mol. The zero-order valence-corrected chi connectivity index (χ0v) is 8.08. The lowest BCUT2D eigenvalue weighted by Gasteiger charge is -2.01. The molecule has 3 nitrogen and oxygen atoms in total. The molecule has 1 aliphatic carbocycles. The van der Waals surface area contributed by atoms with Crippen LogP contribution in [-0.4, -0.2) is 15.1 Å². The Morgan fingerprint density at radius 1 is 1.58 bits per heavy atom. The molecule has 0 atom stereocenters. The van der Waals surface area contributed by atoms with Crippen LogP contribution in [0.4, 0.5) is 0 Å². The van der Waals surface area contributed by atoms with Crippen LogP contribution in [0.25, 0.3) is 0 Å². The third kappa shape index (κ3) is 1.49. The van der Waals surface area contributed by atoms with Crippen LogP contribution in [0, 0.1) is 0 Å². The van der Waals surface area contributed by atoms with Gasteiger partial charge in [0.25, 0.3) is 0 Å². The van der Waals surface area contributed by atoms with Gasteiger partial charge >= 0.3 is 0 Å². The highest BCUT2D eigenvalue weighted by Crippen LogP contribution is 2.38. The molecule has 1 aliphatic rings. The van der Waals surface area contributed by atoms with E-state index >= 15 is 0 Å². The Bertz CT molecular complexity index is 299. The summed E-state index contributed by atoms with van der Waals surface area (Å²) in [5.41, 5.74) is 0.687. The summed E-state index contributed by atoms with van der Waals surface area (Å²) >= 11 is 3.28. The van der Waals surface area contributed by atoms with E-state index in [0.717, 1.165) is 10.3 Å². The highest BCUT2D eigenvalue weighted by molar-refractivity contribution is 9.10. The number of nitrogens with zero attached hydrogens (tertiary/aromatic N) is 2. The van der Waals surface area contributed by atoms with Gasteiger partial charge in [-0.15, -0.1) is 0 Å². The van der Waals surface area contributed by atoms with Crippen molar-refractivity contribution in [2.45, 2.75) is 25.4 Å². The van der Waals surface area contributed by atoms with Crippen LogP contribution in [-0.2, 0) is 6.61 Å². The van der Waals surface area contributed by atoms with E-state index in [0.29, 0.717) is 11.6 Å². The molecule has 2 rings (SSSR count). The number of rotatable bonds is 2. The minimum Gasteiger partial charge on any atom is -0.390 e. The molecule has 4 heteroatoms. The van der Waals surface area contributed by atoms with E-state index in [1.54, 1.807) is 6.20 Å². The van der Waals surface area contributed by atoms with Gasteiger partial charge in [0.15, 0.2) is 0 Å². The van der Waals surface area contributed by atoms with E-state index in [9.17, 15) is 0 Å². The van der Waals surface area contributed by atoms with Crippen molar-refractivity contribution in [3.63, 3.8) is 0 Å². The van der Waals surface area contributed by atoms with Crippen LogP contribution < -0.4 is 0 Å². The van der Waals surface area contributed by atoms with Gasteiger partial charge in [0.1, 0.15) is 5.82 Å². The molecule has 0 aliphatic heterocycles. The van der Waals surface area contributed by atoms with Crippen molar-refractivity contribution < 1.29 is 5.11 Å². The fourth-order valence-electron chi connectivity index (χ4n) is 1.07. The third-order valence-electron chi connectivity index (χ3n) is 1.93. The minimum absolute atomic E-state index is 0.0250. The van der Waals surface area contributed by atoms with Gasteiger partial charge in [0, 0.05) is 12.1 Å². The zero-order chi connectivity index (χ0) is 8.55. The number of aromatic nitrogens is 2. The Morgan fingerprint density at radius 2 is 2.33 bits per heavy atom. The Labute approximate surface area is 79.0 Å². The molecule has 1 fully saturated rings. The molecule has 1 N–H and O–H groups in total. The van der Waals surface area contributed by atoms with Crippen molar-refractivity contribution in [3.8, 4) is 0 Å². The first kappa shape index (κ1) is 8.13. The third-order valence-corrected chi connectivity index (χ3v) is 2.59. The minimum atomic E-state index is -0.0250. The SMILES string of the molecule is OCc1nc(C2CC2)ncc1Br. The quantitative estimate of drug-likeness (QED) is 0.837. The highest BCUT2D eigenvalue weighted by Gasteiger charge is 2.26. The van der Waals surface area contributed by atoms with Gasteiger partial charge in [-0.3, -0.25) is 0 Å². The zero-order valence-electron chi connectivity index (χ0n) is 6.50. The summed E-state index contributed by atoms with van der Waals surface area (Å²) in [6, 6.07) is 0. The van der Waals surface area contributed by atoms with Crippen LogP contribution in [0.5, 0.6) is 0 Å². The summed E-state index contributed by atoms with van der Waals surface area (Å²) in [4.78, 5) is 8.42. The van der Waals surface area contributed by atoms with Crippen LogP contribution in [0.15, 0.2) is 10.7 Å². The lowest BCUT2D eigenvalue weighted by atomic mass is 10.3. The molecule has 0 unspecified atom stereocenters. The lowest BCUT2D eigenvalue weighted by Crippen LogP contribution is -1.98. The Kier molecular flexibility index (Phi) is 2.11. The second kappa shape index (κ2) is 3.11. The summed E-state index contributed by atoms with van der Waals surface area (Å²) < 4.78 is 0.786. The largest absolute Gasteiger partial charge is 0.390 e. The number of halogens is 1. The summed E-state index contributed by atoms with van der Waals surface area (Å²) in [6.45, 7) is -0.0250. The monoisotopic (exact) mass is 228 g/mol. The second-order valence-electron chi connectivity index (χ2n) is 2.96. The maximum atomic E-state index is 8.92. The molecule has 1 aromatic rings. The van der Waals surface area contributed by atoms with Crippen LogP contribution >= 0.6 is 15.9 Å². The molecule has 0 spiro atoms. The summed E-state index contributed by atoms with van der Waals surface area (Å²) in [5, 5.41) is 8.92. The predicted molar refractivity (Wildman–Crippen MR) is 47.6 cm³/mol. The first-order chi connectivity index (χ1) is 5.81. The molecule has 64 valence electrons. The van der Waals surface area contributed by atoms with Gasteiger partial charge in [-0.1, -0.05) is 0 Å². The van der Waals surface area contributed by atoms with Crippen LogP contribution in [0.1, 0.15) is 30.3 Å². The van der Waals surface area contributed by atoms with E-state index in [-0.39, 0.29) is 6.61 Å². The first-order valence-electron chi connectivity index (χ1n) is 3.93. The van der Waals surface area contributed by atoms with Crippen molar-refractivity contribution in [2.24, 2.45) is 0 Å². The van der Waals surface area contributed by atoms with Gasteiger partial charge in [-0.25, -0.2) is 9.97 Å². The maximum absolute atomic E-state index is 8.92. The van der Waals surface area contributed by atoms with Gasteiger partial charge in [-0.2, -0.15) is 0 Å². The molecular formula is C8H9BrN2O. The molecule has 0 amide bonds. The van der Waals surface area contributed by atoms with E-state index in [4.69, 9.17) is 5.11 Å². The van der Waals surface area contributed by atoms with E-state index in [1.807, 2.05) is 0 Å². The number of aliphatic hydroxyl groups is 1. The molecule has 0 saturated heterocycles. The van der Waals surface area contributed by atoms with E-state index < -0.39 is 0 Å². The van der Waals surface area contributed by atoms with Gasteiger partial charge < -0.3 is 5.11 Å². The van der Waals surface area contributed by atoms with E-state index in [2.05, 4.69) is 25.9 Å². The summed E-state index contributed by atoms with van der Waals surface area (Å²) in [7, 11) is 0. The molecule has 1 aromatic heterocycles. The highest BCUT2D eigenvalue weighted by atomic mass is 79.9. The second-order valence-corrected chi connectivity index (χ2v) is 3.81. The topological polar surface area (TPSA) is 46.0 Å². The maximum Gasteiger partial charge on any atom is 0.131 e. The van der Waals surface area contributed by atoms with Crippen molar-refractivity contribution in [3.05, 3.63) is 22.2 Å². The van der Waals surface area contributed by atoms with Crippen molar-refractivity contribution in [2.75, 3.05) is 0 Å². The standard InChI is InChI=1S/C8H9BrN2O/c9-6-3-10-8(5-1-2-5)11-7(6)4-12/h3,5,12H,1-2,4H2. The van der Waals surface area contributed by atoms with Gasteiger partial charge in [0.2, 0.25) is 0 Å². The van der Waals surface area contributed by atoms with Crippen LogP contribution in [0.3, 0.4) is 0 Å². The number of aliphatic hydroxyl groups excluding tert-OH is 1. The molecule has 0 bridgehead atoms. The number of hydrogen-bond acceptors (Lipinski definition) is 3. The fraction of sp³-hybridized carbons (Fsp3) is 0.500. The van der Waals surface area contributed by atoms with Gasteiger partial charge in [-0.05, 0) is 28.8 Å². The average Bonchev–Trinajstić information content (AvgIpc) is 2.88. The average molecular weight is 229 g/mol. The first-order valence-corrected chi connectivity index (χ1v) is 4.72. The smallest absolute Gasteiger partial charge is 0.131 e. The molecule has 0 aromatic carbocycles. The molecule has 12 heavy (non-hydrogen) atoms. The van der Waals surface area contributed by atoms with Crippen molar-refractivity contribution in [1.29, 1.82) is 0 Å². The van der Waals surface area contributed by atoms with Crippen molar-refractivity contribution >= 4 is 15.9 Å². The fourth-order valence-corrected chi connectivity index (χ4v) is 1.38. The van der Waals surface area contributed by atoms with Crippen molar-refractivity contribution in [1.82, 2.24) is 9.97 Å². The van der Waals surface area contributed by atoms with Crippen LogP contribution in [0.2, 0.25) is 0 Å². The molecule has 1 saturated carbocycles. The summed E-state index contributed by atoms with van der Waals surface area (Å²) in [5.74, 6) is 1.42. The Hall–Kier alpha value is -0.480. The predicted octanol–water partition coefficient (Wildman–Crippen LogP) is 1.61. The molecule has 1 heterocycles. The van der Waals surface area contributed by atoms with E-state index in [1.165, 1.54) is 12.8 Å². The summed E-state index contributed by atoms with van der Waals surface area (Å²) in [6.07, 6.45) is 4.09. The Morgan fingerprint density at radius 3 is 2.92 bits per heavy atom.